The van der Waals surface area contributed by atoms with E-state index in [1.807, 2.05) is 0 Å². The fourth-order valence-corrected chi connectivity index (χ4v) is 2.66. The summed E-state index contributed by atoms with van der Waals surface area (Å²) >= 11 is 0. The van der Waals surface area contributed by atoms with Crippen LogP contribution in [0.4, 0.5) is 15.8 Å². The van der Waals surface area contributed by atoms with Gasteiger partial charge in [-0.1, -0.05) is 18.2 Å². The van der Waals surface area contributed by atoms with E-state index in [1.165, 1.54) is 12.1 Å². The molecule has 0 aliphatic rings. The lowest BCUT2D eigenvalue weighted by Gasteiger charge is -2.24. The Kier molecular flexibility index (Phi) is 5.49. The SMILES string of the molecule is CC(C)(C(=O)Nc1cccc(C(=O)Nc2ccncc2)c1)c1ccc(F)cc1. The lowest BCUT2D eigenvalue weighted by molar-refractivity contribution is -0.120. The Balaban J connectivity index is 1.74. The molecule has 0 aliphatic heterocycles. The number of amides is 2. The number of aromatic nitrogens is 1. The largest absolute Gasteiger partial charge is 0.325 e. The predicted octanol–water partition coefficient (Wildman–Crippen LogP) is 4.39. The van der Waals surface area contributed by atoms with Crippen molar-refractivity contribution in [3.05, 3.63) is 90.0 Å². The fraction of sp³-hybridized carbons (Fsp3) is 0.136. The Morgan fingerprint density at radius 3 is 2.25 bits per heavy atom. The van der Waals surface area contributed by atoms with Gasteiger partial charge in [-0.25, -0.2) is 4.39 Å². The molecule has 0 bridgehead atoms. The van der Waals surface area contributed by atoms with Gasteiger partial charge in [0.25, 0.3) is 5.91 Å². The van der Waals surface area contributed by atoms with Crippen molar-refractivity contribution in [2.45, 2.75) is 19.3 Å². The second-order valence-corrected chi connectivity index (χ2v) is 6.86. The first kappa shape index (κ1) is 19.2. The van der Waals surface area contributed by atoms with Crippen LogP contribution < -0.4 is 10.6 Å². The number of rotatable bonds is 5. The highest BCUT2D eigenvalue weighted by Gasteiger charge is 2.30. The molecule has 0 aliphatic carbocycles. The molecule has 1 heterocycles. The van der Waals surface area contributed by atoms with E-state index in [0.717, 1.165) is 0 Å². The minimum Gasteiger partial charge on any atom is -0.325 e. The van der Waals surface area contributed by atoms with Gasteiger partial charge in [0.1, 0.15) is 5.82 Å². The van der Waals surface area contributed by atoms with Crippen molar-refractivity contribution >= 4 is 23.2 Å². The lowest BCUT2D eigenvalue weighted by atomic mass is 9.83. The van der Waals surface area contributed by atoms with Crippen molar-refractivity contribution in [1.29, 1.82) is 0 Å². The van der Waals surface area contributed by atoms with E-state index in [2.05, 4.69) is 15.6 Å². The molecule has 2 N–H and O–H groups in total. The van der Waals surface area contributed by atoms with Crippen LogP contribution in [0, 0.1) is 5.82 Å². The Morgan fingerprint density at radius 1 is 0.893 bits per heavy atom. The monoisotopic (exact) mass is 377 g/mol. The van der Waals surface area contributed by atoms with E-state index in [0.29, 0.717) is 22.5 Å². The Hall–Kier alpha value is -3.54. The van der Waals surface area contributed by atoms with Gasteiger partial charge in [0.15, 0.2) is 0 Å². The van der Waals surface area contributed by atoms with Crippen molar-refractivity contribution in [2.24, 2.45) is 0 Å². The first-order valence-corrected chi connectivity index (χ1v) is 8.75. The molecule has 142 valence electrons. The predicted molar refractivity (Wildman–Crippen MR) is 107 cm³/mol. The van der Waals surface area contributed by atoms with Gasteiger partial charge in [-0.2, -0.15) is 0 Å². The molecule has 2 amide bonds. The maximum absolute atomic E-state index is 13.2. The summed E-state index contributed by atoms with van der Waals surface area (Å²) in [6.07, 6.45) is 3.17. The average molecular weight is 377 g/mol. The number of anilines is 2. The summed E-state index contributed by atoms with van der Waals surface area (Å²) in [5.41, 5.74) is 1.37. The van der Waals surface area contributed by atoms with Gasteiger partial charge in [-0.05, 0) is 61.9 Å². The number of nitrogens with zero attached hydrogens (tertiary/aromatic N) is 1. The second-order valence-electron chi connectivity index (χ2n) is 6.86. The molecule has 6 heteroatoms. The van der Waals surface area contributed by atoms with Crippen LogP contribution in [0.1, 0.15) is 29.8 Å². The zero-order chi connectivity index (χ0) is 20.1. The number of hydrogen-bond donors (Lipinski definition) is 2. The molecular formula is C22H20FN3O2. The van der Waals surface area contributed by atoms with Crippen LogP contribution in [-0.4, -0.2) is 16.8 Å². The van der Waals surface area contributed by atoms with E-state index in [4.69, 9.17) is 0 Å². The molecule has 0 saturated heterocycles. The number of carbonyl (C=O) groups is 2. The number of halogens is 1. The fourth-order valence-electron chi connectivity index (χ4n) is 2.66. The summed E-state index contributed by atoms with van der Waals surface area (Å²) in [6, 6.07) is 15.9. The Bertz CT molecular complexity index is 986. The van der Waals surface area contributed by atoms with Gasteiger partial charge in [0.2, 0.25) is 5.91 Å². The third-order valence-electron chi connectivity index (χ3n) is 4.45. The molecule has 0 radical (unpaired) electrons. The molecule has 0 spiro atoms. The maximum Gasteiger partial charge on any atom is 0.255 e. The maximum atomic E-state index is 13.2. The summed E-state index contributed by atoms with van der Waals surface area (Å²) < 4.78 is 13.2. The van der Waals surface area contributed by atoms with Gasteiger partial charge >= 0.3 is 0 Å². The number of pyridine rings is 1. The number of benzene rings is 2. The van der Waals surface area contributed by atoms with Crippen LogP contribution in [-0.2, 0) is 10.2 Å². The summed E-state index contributed by atoms with van der Waals surface area (Å²) in [4.78, 5) is 29.1. The third kappa shape index (κ3) is 4.40. The van der Waals surface area contributed by atoms with Crippen molar-refractivity contribution in [1.82, 2.24) is 4.98 Å². The highest BCUT2D eigenvalue weighted by atomic mass is 19.1. The quantitative estimate of drug-likeness (QED) is 0.693. The van der Waals surface area contributed by atoms with E-state index in [9.17, 15) is 14.0 Å². The highest BCUT2D eigenvalue weighted by Crippen LogP contribution is 2.25. The first-order valence-electron chi connectivity index (χ1n) is 8.75. The molecule has 5 nitrogen and oxygen atoms in total. The van der Waals surface area contributed by atoms with Crippen molar-refractivity contribution in [3.8, 4) is 0 Å². The smallest absolute Gasteiger partial charge is 0.255 e. The zero-order valence-corrected chi connectivity index (χ0v) is 15.6. The Labute approximate surface area is 162 Å². The molecule has 0 fully saturated rings. The van der Waals surface area contributed by atoms with Crippen LogP contribution in [0.25, 0.3) is 0 Å². The van der Waals surface area contributed by atoms with Crippen LogP contribution >= 0.6 is 0 Å². The number of nitrogens with one attached hydrogen (secondary N) is 2. The number of hydrogen-bond acceptors (Lipinski definition) is 3. The molecule has 2 aromatic carbocycles. The molecule has 3 rings (SSSR count). The van der Waals surface area contributed by atoms with Crippen LogP contribution in [0.2, 0.25) is 0 Å². The second kappa shape index (κ2) is 8.00. The standard InChI is InChI=1S/C22H20FN3O2/c1-22(2,16-6-8-17(23)9-7-16)21(28)26-19-5-3-4-15(14-19)20(27)25-18-10-12-24-13-11-18/h3-14H,1-2H3,(H,26,28)(H,24,25,27). The van der Waals surface area contributed by atoms with Gasteiger partial charge in [0.05, 0.1) is 5.41 Å². The summed E-state index contributed by atoms with van der Waals surface area (Å²) in [6.45, 7) is 3.52. The average Bonchev–Trinajstić information content (AvgIpc) is 2.69. The highest BCUT2D eigenvalue weighted by molar-refractivity contribution is 6.05. The zero-order valence-electron chi connectivity index (χ0n) is 15.6. The van der Waals surface area contributed by atoms with Gasteiger partial charge < -0.3 is 10.6 Å². The molecule has 1 aromatic heterocycles. The lowest BCUT2D eigenvalue weighted by Crippen LogP contribution is -2.34. The molecule has 0 atom stereocenters. The minimum absolute atomic E-state index is 0.259. The van der Waals surface area contributed by atoms with E-state index in [-0.39, 0.29) is 17.6 Å². The van der Waals surface area contributed by atoms with Gasteiger partial charge in [-0.3, -0.25) is 14.6 Å². The van der Waals surface area contributed by atoms with Gasteiger partial charge in [-0.15, -0.1) is 0 Å². The summed E-state index contributed by atoms with van der Waals surface area (Å²) in [5, 5.41) is 5.60. The molecular weight excluding hydrogens is 357 g/mol. The topological polar surface area (TPSA) is 71.1 Å². The van der Waals surface area contributed by atoms with E-state index in [1.54, 1.807) is 74.8 Å². The van der Waals surface area contributed by atoms with E-state index < -0.39 is 5.41 Å². The number of carbonyl (C=O) groups excluding carboxylic acids is 2. The van der Waals surface area contributed by atoms with Crippen LogP contribution in [0.5, 0.6) is 0 Å². The van der Waals surface area contributed by atoms with Crippen LogP contribution in [0.15, 0.2) is 73.1 Å². The molecule has 28 heavy (non-hydrogen) atoms. The normalized spacial score (nSPS) is 11.0. The van der Waals surface area contributed by atoms with E-state index >= 15 is 0 Å². The van der Waals surface area contributed by atoms with Crippen molar-refractivity contribution in [3.63, 3.8) is 0 Å². The summed E-state index contributed by atoms with van der Waals surface area (Å²) in [7, 11) is 0. The molecule has 3 aromatic rings. The molecule has 0 saturated carbocycles. The Morgan fingerprint density at radius 2 is 1.57 bits per heavy atom. The van der Waals surface area contributed by atoms with Crippen molar-refractivity contribution in [2.75, 3.05) is 10.6 Å². The third-order valence-corrected chi connectivity index (χ3v) is 4.45. The summed E-state index contributed by atoms with van der Waals surface area (Å²) in [5.74, 6) is -0.904. The minimum atomic E-state index is -0.872. The molecule has 0 unspecified atom stereocenters. The first-order chi connectivity index (χ1) is 13.4. The van der Waals surface area contributed by atoms with Gasteiger partial charge in [0, 0.05) is 29.3 Å². The van der Waals surface area contributed by atoms with Crippen LogP contribution in [0.3, 0.4) is 0 Å². The van der Waals surface area contributed by atoms with Crippen molar-refractivity contribution < 1.29 is 14.0 Å².